The van der Waals surface area contributed by atoms with Crippen molar-refractivity contribution in [1.29, 1.82) is 0 Å². The van der Waals surface area contributed by atoms with Crippen LogP contribution in [0.2, 0.25) is 0 Å². The summed E-state index contributed by atoms with van der Waals surface area (Å²) in [7, 11) is 0. The molecule has 0 spiro atoms. The van der Waals surface area contributed by atoms with Crippen LogP contribution in [0.15, 0.2) is 41.1 Å². The molecule has 1 saturated heterocycles. The second-order valence-electron chi connectivity index (χ2n) is 5.37. The Kier molecular flexibility index (Phi) is 3.85. The predicted molar refractivity (Wildman–Crippen MR) is 72.3 cm³/mol. The zero-order valence-electron chi connectivity index (χ0n) is 11.8. The van der Waals surface area contributed by atoms with Crippen molar-refractivity contribution in [2.24, 2.45) is 0 Å². The molecule has 0 radical (unpaired) electrons. The van der Waals surface area contributed by atoms with Crippen LogP contribution in [0.1, 0.15) is 34.1 Å². The van der Waals surface area contributed by atoms with E-state index in [2.05, 4.69) is 9.68 Å². The smallest absolute Gasteiger partial charge is 0.391 e. The molecule has 2 atom stereocenters. The van der Waals surface area contributed by atoms with E-state index >= 15 is 0 Å². The van der Waals surface area contributed by atoms with Gasteiger partial charge in [-0.15, -0.1) is 0 Å². The molecule has 8 heteroatoms. The Morgan fingerprint density at radius 2 is 1.96 bits per heavy atom. The number of likely N-dealkylation sites (tertiary alicyclic amines) is 1. The fraction of sp³-hybridized carbons (Fsp3) is 0.333. The number of β-amino-alcohol motifs (C(OH)–C–C–N with tert-alkyl or cyclic N) is 1. The van der Waals surface area contributed by atoms with Gasteiger partial charge >= 0.3 is 6.18 Å². The van der Waals surface area contributed by atoms with Gasteiger partial charge in [0.1, 0.15) is 6.26 Å². The maximum absolute atomic E-state index is 12.6. The van der Waals surface area contributed by atoms with Gasteiger partial charge in [-0.1, -0.05) is 17.3 Å². The molecule has 3 rings (SSSR count). The monoisotopic (exact) mass is 326 g/mol. The average molecular weight is 326 g/mol. The number of halogens is 3. The summed E-state index contributed by atoms with van der Waals surface area (Å²) < 4.78 is 42.5. The molecule has 1 amide bonds. The highest BCUT2D eigenvalue weighted by Gasteiger charge is 2.37. The lowest BCUT2D eigenvalue weighted by atomic mass is 10.0. The number of benzene rings is 1. The van der Waals surface area contributed by atoms with E-state index in [4.69, 9.17) is 0 Å². The normalized spacial score (nSPS) is 21.7. The van der Waals surface area contributed by atoms with Gasteiger partial charge in [0, 0.05) is 12.6 Å². The van der Waals surface area contributed by atoms with Crippen molar-refractivity contribution in [3.05, 3.63) is 53.4 Å². The molecule has 1 aromatic carbocycles. The predicted octanol–water partition coefficient (Wildman–Crippen LogP) is 2.64. The van der Waals surface area contributed by atoms with Gasteiger partial charge in [-0.25, -0.2) is 0 Å². The second kappa shape index (κ2) is 5.69. The van der Waals surface area contributed by atoms with Crippen LogP contribution in [0.4, 0.5) is 13.2 Å². The Balaban J connectivity index is 1.86. The molecule has 5 nitrogen and oxygen atoms in total. The highest BCUT2D eigenvalue weighted by molar-refractivity contribution is 5.92. The van der Waals surface area contributed by atoms with Gasteiger partial charge in [-0.05, 0) is 24.1 Å². The lowest BCUT2D eigenvalue weighted by molar-refractivity contribution is -0.137. The number of aliphatic hydroxyl groups excluding tert-OH is 1. The summed E-state index contributed by atoms with van der Waals surface area (Å²) in [5, 5.41) is 13.4. The molecule has 0 unspecified atom stereocenters. The molecule has 122 valence electrons. The van der Waals surface area contributed by atoms with E-state index in [0.29, 0.717) is 5.56 Å². The third kappa shape index (κ3) is 3.07. The van der Waals surface area contributed by atoms with Crippen molar-refractivity contribution in [2.75, 3.05) is 6.54 Å². The number of aromatic nitrogens is 1. The number of carbonyl (C=O) groups is 1. The van der Waals surface area contributed by atoms with Crippen LogP contribution in [0.3, 0.4) is 0 Å². The third-order valence-electron chi connectivity index (χ3n) is 3.82. The van der Waals surface area contributed by atoms with Gasteiger partial charge < -0.3 is 14.5 Å². The minimum Gasteiger partial charge on any atom is -0.391 e. The van der Waals surface area contributed by atoms with E-state index in [1.54, 1.807) is 0 Å². The molecule has 0 saturated carbocycles. The molecular formula is C15H13F3N2O3. The fourth-order valence-corrected chi connectivity index (χ4v) is 2.72. The van der Waals surface area contributed by atoms with Crippen molar-refractivity contribution in [1.82, 2.24) is 10.1 Å². The molecule has 1 N–H and O–H groups in total. The van der Waals surface area contributed by atoms with Gasteiger partial charge in [0.25, 0.3) is 5.91 Å². The molecule has 2 aromatic rings. The summed E-state index contributed by atoms with van der Waals surface area (Å²) in [6, 6.07) is 5.49. The van der Waals surface area contributed by atoms with Gasteiger partial charge in [-0.2, -0.15) is 13.2 Å². The SMILES string of the molecule is O=C(c1ccon1)N1C[C@H](O)C[C@@H]1c1ccc(C(F)(F)F)cc1. The van der Waals surface area contributed by atoms with Crippen LogP contribution in [0.25, 0.3) is 0 Å². The highest BCUT2D eigenvalue weighted by Crippen LogP contribution is 2.35. The average Bonchev–Trinajstić information content (AvgIpc) is 3.15. The van der Waals surface area contributed by atoms with E-state index in [-0.39, 0.29) is 18.7 Å². The zero-order valence-corrected chi connectivity index (χ0v) is 11.8. The first-order valence-corrected chi connectivity index (χ1v) is 6.93. The van der Waals surface area contributed by atoms with Crippen molar-refractivity contribution in [3.63, 3.8) is 0 Å². The van der Waals surface area contributed by atoms with Crippen LogP contribution in [-0.2, 0) is 6.18 Å². The van der Waals surface area contributed by atoms with Gasteiger partial charge in [-0.3, -0.25) is 4.79 Å². The van der Waals surface area contributed by atoms with Crippen molar-refractivity contribution < 1.29 is 27.6 Å². The number of rotatable bonds is 2. The van der Waals surface area contributed by atoms with E-state index < -0.39 is 29.8 Å². The maximum Gasteiger partial charge on any atom is 0.416 e. The van der Waals surface area contributed by atoms with Crippen LogP contribution < -0.4 is 0 Å². The first kappa shape index (κ1) is 15.5. The lowest BCUT2D eigenvalue weighted by Crippen LogP contribution is -2.32. The number of amides is 1. The Morgan fingerprint density at radius 3 is 2.52 bits per heavy atom. The molecule has 23 heavy (non-hydrogen) atoms. The number of nitrogens with zero attached hydrogens (tertiary/aromatic N) is 2. The van der Waals surface area contributed by atoms with Gasteiger partial charge in [0.05, 0.1) is 17.7 Å². The Hall–Kier alpha value is -2.35. The zero-order chi connectivity index (χ0) is 16.6. The van der Waals surface area contributed by atoms with Crippen LogP contribution in [-0.4, -0.2) is 33.7 Å². The molecule has 0 aliphatic carbocycles. The summed E-state index contributed by atoms with van der Waals surface area (Å²) >= 11 is 0. The Morgan fingerprint density at radius 1 is 1.26 bits per heavy atom. The summed E-state index contributed by atoms with van der Waals surface area (Å²) in [6.45, 7) is 0.0946. The third-order valence-corrected chi connectivity index (χ3v) is 3.82. The first-order valence-electron chi connectivity index (χ1n) is 6.93. The number of carbonyl (C=O) groups excluding carboxylic acids is 1. The second-order valence-corrected chi connectivity index (χ2v) is 5.37. The molecule has 2 heterocycles. The minimum atomic E-state index is -4.41. The number of hydrogen-bond donors (Lipinski definition) is 1. The minimum absolute atomic E-state index is 0.0935. The topological polar surface area (TPSA) is 66.6 Å². The molecule has 1 fully saturated rings. The lowest BCUT2D eigenvalue weighted by Gasteiger charge is -2.24. The van der Waals surface area contributed by atoms with Crippen molar-refractivity contribution in [2.45, 2.75) is 24.7 Å². The quantitative estimate of drug-likeness (QED) is 0.921. The Bertz CT molecular complexity index is 683. The summed E-state index contributed by atoms with van der Waals surface area (Å²) in [4.78, 5) is 13.8. The summed E-state index contributed by atoms with van der Waals surface area (Å²) in [5.41, 5.74) is -0.128. The van der Waals surface area contributed by atoms with E-state index in [9.17, 15) is 23.1 Å². The summed E-state index contributed by atoms with van der Waals surface area (Å²) in [6.07, 6.45) is -3.63. The van der Waals surface area contributed by atoms with Crippen LogP contribution >= 0.6 is 0 Å². The van der Waals surface area contributed by atoms with E-state index in [1.807, 2.05) is 0 Å². The molecular weight excluding hydrogens is 313 g/mol. The molecule has 1 aliphatic rings. The summed E-state index contributed by atoms with van der Waals surface area (Å²) in [5.74, 6) is -0.430. The van der Waals surface area contributed by atoms with Gasteiger partial charge in [0.2, 0.25) is 0 Å². The molecule has 0 bridgehead atoms. The highest BCUT2D eigenvalue weighted by atomic mass is 19.4. The van der Waals surface area contributed by atoms with E-state index in [0.717, 1.165) is 12.1 Å². The van der Waals surface area contributed by atoms with Gasteiger partial charge in [0.15, 0.2) is 5.69 Å². The fourth-order valence-electron chi connectivity index (χ4n) is 2.72. The number of alkyl halides is 3. The first-order chi connectivity index (χ1) is 10.9. The van der Waals surface area contributed by atoms with Crippen LogP contribution in [0, 0.1) is 0 Å². The Labute approximate surface area is 129 Å². The number of aliphatic hydroxyl groups is 1. The standard InChI is InChI=1S/C15H13F3N2O3/c16-15(17,18)10-3-1-9(2-4-10)13-7-11(21)8-20(13)14(22)12-5-6-23-19-12/h1-6,11,13,21H,7-8H2/t11-,13-/m1/s1. The molecule has 1 aliphatic heterocycles. The molecule has 1 aromatic heterocycles. The van der Waals surface area contributed by atoms with Crippen molar-refractivity contribution in [3.8, 4) is 0 Å². The van der Waals surface area contributed by atoms with Crippen molar-refractivity contribution >= 4 is 5.91 Å². The van der Waals surface area contributed by atoms with Crippen LogP contribution in [0.5, 0.6) is 0 Å². The number of hydrogen-bond acceptors (Lipinski definition) is 4. The largest absolute Gasteiger partial charge is 0.416 e. The van der Waals surface area contributed by atoms with E-state index in [1.165, 1.54) is 29.4 Å². The maximum atomic E-state index is 12.6.